The fraction of sp³-hybridized carbons (Fsp3) is 0.367. The summed E-state index contributed by atoms with van der Waals surface area (Å²) in [5.41, 5.74) is 10.1. The van der Waals surface area contributed by atoms with Gasteiger partial charge in [0.25, 0.3) is 0 Å². The minimum absolute atomic E-state index is 0.0576. The SMILES string of the molecule is CN(C)CC(C)(C)CN1CCc2cc(N)ccc2C1.O=C(O)c1ccccc1-c1ccc(C(F)(F)F)cc1. The number of fused-ring (bicyclic) bond motifs is 1. The molecule has 4 rings (SSSR count). The number of nitrogen functional groups attached to an aromatic ring is 1. The summed E-state index contributed by atoms with van der Waals surface area (Å²) < 4.78 is 37.3. The molecule has 0 aromatic heterocycles. The number of benzene rings is 3. The summed E-state index contributed by atoms with van der Waals surface area (Å²) in [6.07, 6.45) is -3.27. The van der Waals surface area contributed by atoms with Crippen molar-refractivity contribution >= 4 is 11.7 Å². The zero-order valence-electron chi connectivity index (χ0n) is 22.3. The number of aromatic carboxylic acids is 1. The maximum atomic E-state index is 12.4. The number of nitrogens with zero attached hydrogens (tertiary/aromatic N) is 2. The number of carboxylic acid groups (broad SMARTS) is 1. The lowest BCUT2D eigenvalue weighted by molar-refractivity contribution is -0.137. The van der Waals surface area contributed by atoms with E-state index in [1.807, 2.05) is 6.07 Å². The Hall–Kier alpha value is -3.36. The van der Waals surface area contributed by atoms with Crippen LogP contribution >= 0.6 is 0 Å². The van der Waals surface area contributed by atoms with Crippen LogP contribution in [-0.4, -0.2) is 54.6 Å². The summed E-state index contributed by atoms with van der Waals surface area (Å²) in [5, 5.41) is 9.03. The molecule has 0 spiro atoms. The number of halogens is 3. The Labute approximate surface area is 222 Å². The fourth-order valence-corrected chi connectivity index (χ4v) is 5.04. The van der Waals surface area contributed by atoms with Crippen molar-refractivity contribution in [2.45, 2.75) is 33.0 Å². The predicted molar refractivity (Wildman–Crippen MR) is 146 cm³/mol. The van der Waals surface area contributed by atoms with Crippen molar-refractivity contribution < 1.29 is 23.1 Å². The largest absolute Gasteiger partial charge is 0.478 e. The van der Waals surface area contributed by atoms with Gasteiger partial charge in [0.1, 0.15) is 0 Å². The number of nitrogens with two attached hydrogens (primary N) is 1. The zero-order chi connectivity index (χ0) is 28.1. The van der Waals surface area contributed by atoms with Gasteiger partial charge in [-0.05, 0) is 78.5 Å². The lowest BCUT2D eigenvalue weighted by Crippen LogP contribution is -2.42. The topological polar surface area (TPSA) is 69.8 Å². The van der Waals surface area contributed by atoms with E-state index in [9.17, 15) is 18.0 Å². The van der Waals surface area contributed by atoms with Gasteiger partial charge in [-0.1, -0.05) is 50.2 Å². The highest BCUT2D eigenvalue weighted by Crippen LogP contribution is 2.32. The van der Waals surface area contributed by atoms with Gasteiger partial charge in [-0.25, -0.2) is 4.79 Å². The number of hydrogen-bond acceptors (Lipinski definition) is 4. The lowest BCUT2D eigenvalue weighted by atomic mass is 9.90. The first-order valence-corrected chi connectivity index (χ1v) is 12.5. The van der Waals surface area contributed by atoms with Crippen LogP contribution in [0.2, 0.25) is 0 Å². The summed E-state index contributed by atoms with van der Waals surface area (Å²) in [6, 6.07) is 16.9. The third-order valence-electron chi connectivity index (χ3n) is 6.40. The Morgan fingerprint density at radius 3 is 2.26 bits per heavy atom. The van der Waals surface area contributed by atoms with Gasteiger partial charge in [-0.3, -0.25) is 4.90 Å². The second-order valence-corrected chi connectivity index (χ2v) is 10.8. The standard InChI is InChI=1S/C16H27N3.C14H9F3O2/c1-16(2,11-18(3)4)12-19-8-7-13-9-15(17)6-5-14(13)10-19;15-14(16,17)10-7-5-9(6-8-10)11-3-1-2-4-12(11)13(18)19/h5-6,9H,7-8,10-12,17H2,1-4H3;1-8H,(H,18,19). The van der Waals surface area contributed by atoms with E-state index in [-0.39, 0.29) is 5.56 Å². The summed E-state index contributed by atoms with van der Waals surface area (Å²) in [7, 11) is 4.30. The van der Waals surface area contributed by atoms with Gasteiger partial charge in [0.2, 0.25) is 0 Å². The molecule has 0 saturated carbocycles. The van der Waals surface area contributed by atoms with Crippen molar-refractivity contribution in [1.82, 2.24) is 9.80 Å². The highest BCUT2D eigenvalue weighted by atomic mass is 19.4. The summed E-state index contributed by atoms with van der Waals surface area (Å²) in [6.45, 7) is 9.18. The molecule has 0 atom stereocenters. The molecule has 3 aromatic rings. The number of carboxylic acids is 1. The first-order valence-electron chi connectivity index (χ1n) is 12.5. The third kappa shape index (κ3) is 8.07. The minimum atomic E-state index is -4.40. The van der Waals surface area contributed by atoms with Crippen LogP contribution in [0.15, 0.2) is 66.7 Å². The molecule has 3 aromatic carbocycles. The molecule has 1 heterocycles. The molecule has 0 unspecified atom stereocenters. The van der Waals surface area contributed by atoms with E-state index < -0.39 is 17.7 Å². The highest BCUT2D eigenvalue weighted by molar-refractivity contribution is 5.96. The van der Waals surface area contributed by atoms with Crippen molar-refractivity contribution in [3.05, 3.63) is 89.0 Å². The molecule has 8 heteroatoms. The smallest absolute Gasteiger partial charge is 0.416 e. The number of hydrogen-bond donors (Lipinski definition) is 2. The summed E-state index contributed by atoms with van der Waals surface area (Å²) in [5.74, 6) is -1.12. The molecule has 0 bridgehead atoms. The first kappa shape index (κ1) is 29.2. The van der Waals surface area contributed by atoms with Gasteiger partial charge in [0.05, 0.1) is 11.1 Å². The van der Waals surface area contributed by atoms with Gasteiger partial charge in [0.15, 0.2) is 0 Å². The van der Waals surface area contributed by atoms with Gasteiger partial charge < -0.3 is 15.7 Å². The van der Waals surface area contributed by atoms with Gasteiger partial charge in [-0.15, -0.1) is 0 Å². The average Bonchev–Trinajstić information content (AvgIpc) is 2.83. The average molecular weight is 528 g/mol. The Morgan fingerprint density at radius 1 is 1.00 bits per heavy atom. The first-order chi connectivity index (χ1) is 17.7. The number of alkyl halides is 3. The molecule has 0 amide bonds. The van der Waals surface area contributed by atoms with Gasteiger partial charge >= 0.3 is 12.1 Å². The maximum Gasteiger partial charge on any atom is 0.416 e. The Morgan fingerprint density at radius 2 is 1.66 bits per heavy atom. The molecule has 1 aliphatic rings. The molecule has 0 saturated heterocycles. The lowest BCUT2D eigenvalue weighted by Gasteiger charge is -2.37. The van der Waals surface area contributed by atoms with Crippen LogP contribution in [0.5, 0.6) is 0 Å². The van der Waals surface area contributed by atoms with E-state index >= 15 is 0 Å². The van der Waals surface area contributed by atoms with E-state index in [0.717, 1.165) is 50.4 Å². The van der Waals surface area contributed by atoms with E-state index in [1.165, 1.54) is 29.3 Å². The minimum Gasteiger partial charge on any atom is -0.478 e. The quantitative estimate of drug-likeness (QED) is 0.369. The molecule has 3 N–H and O–H groups in total. The molecule has 0 radical (unpaired) electrons. The predicted octanol–water partition coefficient (Wildman–Crippen LogP) is 6.29. The summed E-state index contributed by atoms with van der Waals surface area (Å²) >= 11 is 0. The zero-order valence-corrected chi connectivity index (χ0v) is 22.3. The van der Waals surface area contributed by atoms with Crippen LogP contribution in [0.25, 0.3) is 11.1 Å². The van der Waals surface area contributed by atoms with E-state index in [0.29, 0.717) is 16.5 Å². The molecule has 204 valence electrons. The second-order valence-electron chi connectivity index (χ2n) is 10.8. The Bertz CT molecular complexity index is 1240. The van der Waals surface area contributed by atoms with E-state index in [2.05, 4.69) is 49.9 Å². The number of anilines is 1. The van der Waals surface area contributed by atoms with Crippen molar-refractivity contribution in [1.29, 1.82) is 0 Å². The third-order valence-corrected chi connectivity index (χ3v) is 6.40. The molecule has 38 heavy (non-hydrogen) atoms. The molecular weight excluding hydrogens is 491 g/mol. The number of rotatable bonds is 6. The molecule has 1 aliphatic heterocycles. The molecule has 5 nitrogen and oxygen atoms in total. The Kier molecular flexibility index (Phi) is 9.22. The summed E-state index contributed by atoms with van der Waals surface area (Å²) in [4.78, 5) is 15.9. The van der Waals surface area contributed by atoms with Crippen molar-refractivity contribution in [3.63, 3.8) is 0 Å². The van der Waals surface area contributed by atoms with Crippen LogP contribution in [0, 0.1) is 5.41 Å². The van der Waals surface area contributed by atoms with Crippen LogP contribution in [0.1, 0.15) is 40.9 Å². The molecular formula is C30H36F3N3O2. The normalized spacial score (nSPS) is 14.0. The highest BCUT2D eigenvalue weighted by Gasteiger charge is 2.30. The molecule has 0 fully saturated rings. The Balaban J connectivity index is 0.000000211. The van der Waals surface area contributed by atoms with E-state index in [4.69, 9.17) is 10.8 Å². The van der Waals surface area contributed by atoms with Crippen LogP contribution in [0.3, 0.4) is 0 Å². The van der Waals surface area contributed by atoms with Crippen molar-refractivity contribution in [2.24, 2.45) is 5.41 Å². The monoisotopic (exact) mass is 527 g/mol. The molecule has 0 aliphatic carbocycles. The fourth-order valence-electron chi connectivity index (χ4n) is 5.04. The van der Waals surface area contributed by atoms with E-state index in [1.54, 1.807) is 18.2 Å². The van der Waals surface area contributed by atoms with Crippen molar-refractivity contribution in [2.75, 3.05) is 39.5 Å². The number of carbonyl (C=O) groups is 1. The van der Waals surface area contributed by atoms with Crippen molar-refractivity contribution in [3.8, 4) is 11.1 Å². The van der Waals surface area contributed by atoms with Gasteiger partial charge in [0, 0.05) is 31.9 Å². The van der Waals surface area contributed by atoms with Crippen LogP contribution in [-0.2, 0) is 19.1 Å². The second kappa shape index (κ2) is 12.0. The van der Waals surface area contributed by atoms with Crippen LogP contribution < -0.4 is 5.73 Å². The van der Waals surface area contributed by atoms with Crippen LogP contribution in [0.4, 0.5) is 18.9 Å². The van der Waals surface area contributed by atoms with Gasteiger partial charge in [-0.2, -0.15) is 13.2 Å². The maximum absolute atomic E-state index is 12.4.